The molecule has 0 radical (unpaired) electrons. The van der Waals surface area contributed by atoms with Crippen LogP contribution in [-0.2, 0) is 4.74 Å². The van der Waals surface area contributed by atoms with Gasteiger partial charge in [-0.1, -0.05) is 6.08 Å². The van der Waals surface area contributed by atoms with Gasteiger partial charge in [0.1, 0.15) is 11.6 Å². The largest absolute Gasteiger partial charge is 0.507 e. The molecule has 6 nitrogen and oxygen atoms in total. The first kappa shape index (κ1) is 18.8. The van der Waals surface area contributed by atoms with Crippen LogP contribution < -0.4 is 0 Å². The first-order chi connectivity index (χ1) is 12.9. The molecule has 0 amide bonds. The van der Waals surface area contributed by atoms with Crippen LogP contribution in [0.2, 0.25) is 0 Å². The summed E-state index contributed by atoms with van der Waals surface area (Å²) in [6, 6.07) is 4.52. The number of aromatic hydroxyl groups is 1. The lowest BCUT2D eigenvalue weighted by Gasteiger charge is -2.24. The third kappa shape index (κ3) is 4.05. The number of alkyl halides is 2. The quantitative estimate of drug-likeness (QED) is 0.370. The summed E-state index contributed by atoms with van der Waals surface area (Å²) >= 11 is 0. The summed E-state index contributed by atoms with van der Waals surface area (Å²) in [5, 5.41) is 17.6. The van der Waals surface area contributed by atoms with Crippen LogP contribution in [0.1, 0.15) is 28.8 Å². The molecule has 0 spiro atoms. The van der Waals surface area contributed by atoms with Crippen LogP contribution in [0.15, 0.2) is 46.8 Å². The van der Waals surface area contributed by atoms with Gasteiger partial charge in [-0.05, 0) is 29.8 Å². The Hall–Kier alpha value is -3.03. The molecule has 1 aromatic rings. The van der Waals surface area contributed by atoms with Crippen molar-refractivity contribution in [3.05, 3.63) is 47.7 Å². The van der Waals surface area contributed by atoms with E-state index < -0.39 is 17.8 Å². The highest BCUT2D eigenvalue weighted by atomic mass is 19.3. The lowest BCUT2D eigenvalue weighted by molar-refractivity contribution is 0.0600. The van der Waals surface area contributed by atoms with E-state index >= 15 is 0 Å². The number of benzene rings is 1. The van der Waals surface area contributed by atoms with Gasteiger partial charge in [-0.2, -0.15) is 5.10 Å². The predicted molar refractivity (Wildman–Crippen MR) is 97.9 cm³/mol. The van der Waals surface area contributed by atoms with E-state index in [1.54, 1.807) is 29.3 Å². The van der Waals surface area contributed by atoms with Crippen LogP contribution in [0.5, 0.6) is 5.75 Å². The number of phenolic OH excluding ortho intramolecular Hbond substituents is 1. The Labute approximate surface area is 155 Å². The molecule has 1 atom stereocenters. The predicted octanol–water partition coefficient (Wildman–Crippen LogP) is 3.45. The summed E-state index contributed by atoms with van der Waals surface area (Å²) in [7, 11) is 1.27. The van der Waals surface area contributed by atoms with Crippen molar-refractivity contribution in [2.75, 3.05) is 13.7 Å². The fourth-order valence-corrected chi connectivity index (χ4v) is 2.92. The van der Waals surface area contributed by atoms with Crippen molar-refractivity contribution in [1.29, 1.82) is 0 Å². The average Bonchev–Trinajstić information content (AvgIpc) is 3.26. The molecule has 0 aromatic heterocycles. The van der Waals surface area contributed by atoms with E-state index in [4.69, 9.17) is 0 Å². The number of methoxy groups -OCH3 is 1. The Morgan fingerprint density at radius 2 is 2.22 bits per heavy atom. The molecule has 1 aliphatic carbocycles. The maximum absolute atomic E-state index is 13.2. The van der Waals surface area contributed by atoms with Gasteiger partial charge in [0, 0.05) is 43.8 Å². The topological polar surface area (TPSA) is 74.5 Å². The van der Waals surface area contributed by atoms with Crippen molar-refractivity contribution >= 4 is 24.1 Å². The molecule has 1 N–H and O–H groups in total. The van der Waals surface area contributed by atoms with E-state index in [2.05, 4.69) is 21.7 Å². The normalized spacial score (nSPS) is 20.9. The number of phenols is 1. The van der Waals surface area contributed by atoms with E-state index in [9.17, 15) is 18.7 Å². The number of allylic oxidation sites excluding steroid dienone is 2. The number of carbonyl (C=O) groups excluding carboxylic acids is 1. The van der Waals surface area contributed by atoms with Crippen LogP contribution in [0.3, 0.4) is 0 Å². The Bertz CT molecular complexity index is 862. The molecule has 142 valence electrons. The standard InChI is InChI=1S/C19H19F2N3O3/c1-22-23-17(10-14-11-19(14,20)21)24-7-5-12(6-8-24)15-4-3-13(9-16(15)25)18(26)27-2/h3-7,9,14,25H,1,8,10-11H2,2H3/b23-17-. The Kier molecular flexibility index (Phi) is 5.07. The van der Waals surface area contributed by atoms with Crippen molar-refractivity contribution < 1.29 is 23.4 Å². The van der Waals surface area contributed by atoms with E-state index in [0.29, 0.717) is 17.9 Å². The zero-order valence-electron chi connectivity index (χ0n) is 14.7. The fraction of sp³-hybridized carbons (Fsp3) is 0.316. The fourth-order valence-electron chi connectivity index (χ4n) is 2.92. The van der Waals surface area contributed by atoms with Gasteiger partial charge in [0.05, 0.1) is 12.7 Å². The monoisotopic (exact) mass is 375 g/mol. The molecule has 0 saturated heterocycles. The number of nitrogens with zero attached hydrogens (tertiary/aromatic N) is 3. The molecule has 8 heteroatoms. The number of halogens is 2. The summed E-state index contributed by atoms with van der Waals surface area (Å²) in [5.74, 6) is -3.52. The van der Waals surface area contributed by atoms with Gasteiger partial charge in [0.15, 0.2) is 0 Å². The van der Waals surface area contributed by atoms with Crippen molar-refractivity contribution in [3.63, 3.8) is 0 Å². The maximum atomic E-state index is 13.2. The van der Waals surface area contributed by atoms with Gasteiger partial charge in [-0.3, -0.25) is 0 Å². The highest BCUT2D eigenvalue weighted by Gasteiger charge is 2.57. The van der Waals surface area contributed by atoms with Crippen molar-refractivity contribution in [3.8, 4) is 5.75 Å². The SMILES string of the molecule is C=N/N=C(/CC1CC1(F)F)N1C=CC(c2ccc(C(=O)OC)cc2O)=CC1. The van der Waals surface area contributed by atoms with E-state index in [1.165, 1.54) is 13.2 Å². The lowest BCUT2D eigenvalue weighted by atomic mass is 10.0. The first-order valence-corrected chi connectivity index (χ1v) is 8.33. The summed E-state index contributed by atoms with van der Waals surface area (Å²) in [6.45, 7) is 3.69. The van der Waals surface area contributed by atoms with E-state index in [-0.39, 0.29) is 24.2 Å². The first-order valence-electron chi connectivity index (χ1n) is 8.33. The number of hydrogen-bond donors (Lipinski definition) is 1. The minimum Gasteiger partial charge on any atom is -0.507 e. The van der Waals surface area contributed by atoms with Crippen LogP contribution >= 0.6 is 0 Å². The number of rotatable bonds is 5. The molecule has 1 unspecified atom stereocenters. The minimum absolute atomic E-state index is 0.0541. The van der Waals surface area contributed by atoms with Crippen molar-refractivity contribution in [2.24, 2.45) is 16.1 Å². The molecule has 1 aliphatic heterocycles. The van der Waals surface area contributed by atoms with E-state index in [0.717, 1.165) is 5.57 Å². The second-order valence-electron chi connectivity index (χ2n) is 6.37. The molecule has 1 heterocycles. The molecular formula is C19H19F2N3O3. The molecule has 1 saturated carbocycles. The lowest BCUT2D eigenvalue weighted by Crippen LogP contribution is -2.28. The van der Waals surface area contributed by atoms with Gasteiger partial charge < -0.3 is 14.7 Å². The summed E-state index contributed by atoms with van der Waals surface area (Å²) in [6.07, 6.45) is 5.25. The highest BCUT2D eigenvalue weighted by molar-refractivity contribution is 5.92. The molecule has 1 aromatic carbocycles. The minimum atomic E-state index is -2.63. The van der Waals surface area contributed by atoms with E-state index in [1.807, 2.05) is 6.08 Å². The van der Waals surface area contributed by atoms with Crippen LogP contribution in [0, 0.1) is 5.92 Å². The third-order valence-electron chi connectivity index (χ3n) is 4.57. The van der Waals surface area contributed by atoms with Gasteiger partial charge in [0.2, 0.25) is 0 Å². The van der Waals surface area contributed by atoms with Gasteiger partial charge in [-0.25, -0.2) is 13.6 Å². The van der Waals surface area contributed by atoms with Crippen molar-refractivity contribution in [2.45, 2.75) is 18.8 Å². The van der Waals surface area contributed by atoms with Crippen LogP contribution in [0.25, 0.3) is 5.57 Å². The van der Waals surface area contributed by atoms with Gasteiger partial charge >= 0.3 is 5.97 Å². The second kappa shape index (κ2) is 7.30. The third-order valence-corrected chi connectivity index (χ3v) is 4.57. The summed E-state index contributed by atoms with van der Waals surface area (Å²) < 4.78 is 31.0. The number of carbonyl (C=O) groups is 1. The molecule has 0 bridgehead atoms. The number of amidine groups is 1. The maximum Gasteiger partial charge on any atom is 0.337 e. The Morgan fingerprint density at radius 1 is 1.48 bits per heavy atom. The van der Waals surface area contributed by atoms with Gasteiger partial charge in [0.25, 0.3) is 5.92 Å². The zero-order chi connectivity index (χ0) is 19.6. The second-order valence-corrected chi connectivity index (χ2v) is 6.37. The average molecular weight is 375 g/mol. The Morgan fingerprint density at radius 3 is 2.74 bits per heavy atom. The number of ether oxygens (including phenoxy) is 1. The number of esters is 1. The molecule has 3 rings (SSSR count). The highest BCUT2D eigenvalue weighted by Crippen LogP contribution is 2.51. The summed E-state index contributed by atoms with van der Waals surface area (Å²) in [4.78, 5) is 13.2. The van der Waals surface area contributed by atoms with Crippen LogP contribution in [-0.4, -0.2) is 48.1 Å². The molecule has 1 fully saturated rings. The zero-order valence-corrected chi connectivity index (χ0v) is 14.7. The molecule has 27 heavy (non-hydrogen) atoms. The van der Waals surface area contributed by atoms with Crippen molar-refractivity contribution in [1.82, 2.24) is 4.90 Å². The smallest absolute Gasteiger partial charge is 0.337 e. The Balaban J connectivity index is 1.73. The van der Waals surface area contributed by atoms with Gasteiger partial charge in [-0.15, -0.1) is 5.10 Å². The number of hydrogen-bond acceptors (Lipinski definition) is 5. The summed E-state index contributed by atoms with van der Waals surface area (Å²) in [5.41, 5.74) is 1.54. The molecule has 2 aliphatic rings. The molecular weight excluding hydrogens is 356 g/mol. The van der Waals surface area contributed by atoms with Crippen LogP contribution in [0.4, 0.5) is 8.78 Å².